The van der Waals surface area contributed by atoms with E-state index in [0.29, 0.717) is 28.5 Å². The standard InChI is InChI=1S/C29H23ClF6N4O2/c1-2-12-39(27(42)19-13-20(28(31,32)33)15-21(14-19)29(34,35)36)17-26(41)37-25-16-24(18-6-4-3-5-7-18)38-40(25)23-10-8-22(30)9-11-23/h3-11,13-16H,2,12,17H2,1H3,(H,37,41). The Balaban J connectivity index is 1.64. The molecule has 0 aliphatic carbocycles. The van der Waals surface area contributed by atoms with E-state index in [2.05, 4.69) is 10.4 Å². The number of benzene rings is 3. The number of anilines is 1. The summed E-state index contributed by atoms with van der Waals surface area (Å²) in [4.78, 5) is 27.2. The summed E-state index contributed by atoms with van der Waals surface area (Å²) in [6, 6.07) is 17.9. The molecule has 13 heteroatoms. The van der Waals surface area contributed by atoms with Crippen LogP contribution in [-0.4, -0.2) is 39.6 Å². The lowest BCUT2D eigenvalue weighted by molar-refractivity contribution is -0.143. The first-order chi connectivity index (χ1) is 19.8. The Bertz CT molecular complexity index is 1540. The summed E-state index contributed by atoms with van der Waals surface area (Å²) in [6.45, 7) is 0.902. The highest BCUT2D eigenvalue weighted by molar-refractivity contribution is 6.30. The second kappa shape index (κ2) is 12.3. The molecule has 0 fully saturated rings. The van der Waals surface area contributed by atoms with E-state index >= 15 is 0 Å². The fourth-order valence-electron chi connectivity index (χ4n) is 4.14. The summed E-state index contributed by atoms with van der Waals surface area (Å²) in [7, 11) is 0. The molecule has 3 aromatic carbocycles. The van der Waals surface area contributed by atoms with E-state index in [1.807, 2.05) is 18.2 Å². The lowest BCUT2D eigenvalue weighted by atomic mass is 10.0. The highest BCUT2D eigenvalue weighted by Gasteiger charge is 2.38. The predicted molar refractivity (Wildman–Crippen MR) is 145 cm³/mol. The Morgan fingerprint density at radius 1 is 0.881 bits per heavy atom. The number of hydrogen-bond donors (Lipinski definition) is 1. The number of hydrogen-bond acceptors (Lipinski definition) is 3. The molecule has 0 aliphatic heterocycles. The van der Waals surface area contributed by atoms with E-state index in [0.717, 1.165) is 10.5 Å². The molecule has 1 aromatic heterocycles. The van der Waals surface area contributed by atoms with Crippen molar-refractivity contribution in [1.29, 1.82) is 0 Å². The van der Waals surface area contributed by atoms with Gasteiger partial charge < -0.3 is 10.2 Å². The van der Waals surface area contributed by atoms with Gasteiger partial charge in [0.05, 0.1) is 22.5 Å². The monoisotopic (exact) mass is 608 g/mol. The van der Waals surface area contributed by atoms with Crippen LogP contribution in [0, 0.1) is 0 Å². The maximum Gasteiger partial charge on any atom is 0.416 e. The SMILES string of the molecule is CCCN(CC(=O)Nc1cc(-c2ccccc2)nn1-c1ccc(Cl)cc1)C(=O)c1cc(C(F)(F)F)cc(C(F)(F)F)c1. The van der Waals surface area contributed by atoms with E-state index in [-0.39, 0.29) is 24.8 Å². The van der Waals surface area contributed by atoms with Crippen molar-refractivity contribution in [2.45, 2.75) is 25.7 Å². The Kier molecular flexibility index (Phi) is 8.95. The Labute approximate surface area is 241 Å². The highest BCUT2D eigenvalue weighted by atomic mass is 35.5. The van der Waals surface area contributed by atoms with Crippen molar-refractivity contribution in [1.82, 2.24) is 14.7 Å². The maximum absolute atomic E-state index is 13.4. The minimum Gasteiger partial charge on any atom is -0.329 e. The lowest BCUT2D eigenvalue weighted by Crippen LogP contribution is -2.39. The Morgan fingerprint density at radius 3 is 2.02 bits per heavy atom. The number of carbonyl (C=O) groups excluding carboxylic acids is 2. The molecule has 1 N–H and O–H groups in total. The molecule has 2 amide bonds. The van der Waals surface area contributed by atoms with Gasteiger partial charge in [-0.15, -0.1) is 0 Å². The van der Waals surface area contributed by atoms with Crippen LogP contribution in [0.3, 0.4) is 0 Å². The van der Waals surface area contributed by atoms with E-state index in [9.17, 15) is 35.9 Å². The molecule has 0 spiro atoms. The van der Waals surface area contributed by atoms with Crippen molar-refractivity contribution >= 4 is 29.2 Å². The van der Waals surface area contributed by atoms with Crippen molar-refractivity contribution in [3.63, 3.8) is 0 Å². The van der Waals surface area contributed by atoms with Gasteiger partial charge in [0.25, 0.3) is 5.91 Å². The molecule has 0 bridgehead atoms. The minimum atomic E-state index is -5.13. The molecule has 42 heavy (non-hydrogen) atoms. The van der Waals surface area contributed by atoms with Crippen LogP contribution >= 0.6 is 11.6 Å². The minimum absolute atomic E-state index is 0.0596. The van der Waals surface area contributed by atoms with Crippen LogP contribution in [0.2, 0.25) is 5.02 Å². The molecule has 0 aliphatic rings. The van der Waals surface area contributed by atoms with Crippen molar-refractivity contribution in [2.75, 3.05) is 18.4 Å². The first kappa shape index (κ1) is 30.6. The molecule has 0 unspecified atom stereocenters. The lowest BCUT2D eigenvalue weighted by Gasteiger charge is -2.23. The number of carbonyl (C=O) groups is 2. The maximum atomic E-state index is 13.4. The first-order valence-corrected chi connectivity index (χ1v) is 12.9. The van der Waals surface area contributed by atoms with Crippen molar-refractivity contribution in [3.05, 3.63) is 101 Å². The van der Waals surface area contributed by atoms with Crippen LogP contribution in [0.15, 0.2) is 78.9 Å². The zero-order valence-electron chi connectivity index (χ0n) is 21.9. The Morgan fingerprint density at radius 2 is 1.48 bits per heavy atom. The summed E-state index contributed by atoms with van der Waals surface area (Å²) in [5.74, 6) is -1.68. The molecule has 0 radical (unpaired) electrons. The first-order valence-electron chi connectivity index (χ1n) is 12.6. The van der Waals surface area contributed by atoms with Gasteiger partial charge in [0, 0.05) is 28.8 Å². The summed E-state index contributed by atoms with van der Waals surface area (Å²) < 4.78 is 81.6. The summed E-state index contributed by atoms with van der Waals surface area (Å²) in [6.07, 6.45) is -9.97. The van der Waals surface area contributed by atoms with E-state index in [1.54, 1.807) is 49.4 Å². The van der Waals surface area contributed by atoms with Gasteiger partial charge in [-0.05, 0) is 48.9 Å². The molecule has 0 atom stereocenters. The number of amides is 2. The fraction of sp³-hybridized carbons (Fsp3) is 0.207. The van der Waals surface area contributed by atoms with Crippen LogP contribution < -0.4 is 5.32 Å². The third kappa shape index (κ3) is 7.30. The average molecular weight is 609 g/mol. The van der Waals surface area contributed by atoms with Crippen LogP contribution in [0.5, 0.6) is 0 Å². The molecule has 0 saturated carbocycles. The molecule has 220 valence electrons. The second-order valence-electron chi connectivity index (χ2n) is 9.24. The molecule has 4 aromatic rings. The quantitative estimate of drug-likeness (QED) is 0.208. The smallest absolute Gasteiger partial charge is 0.329 e. The van der Waals surface area contributed by atoms with E-state index in [4.69, 9.17) is 11.6 Å². The zero-order chi connectivity index (χ0) is 30.7. The number of alkyl halides is 6. The second-order valence-corrected chi connectivity index (χ2v) is 9.67. The summed E-state index contributed by atoms with van der Waals surface area (Å²) >= 11 is 6.00. The summed E-state index contributed by atoms with van der Waals surface area (Å²) in [5, 5.41) is 7.69. The number of nitrogens with zero attached hydrogens (tertiary/aromatic N) is 3. The highest BCUT2D eigenvalue weighted by Crippen LogP contribution is 2.36. The normalized spacial score (nSPS) is 11.8. The summed E-state index contributed by atoms with van der Waals surface area (Å²) in [5.41, 5.74) is -2.29. The van der Waals surface area contributed by atoms with E-state index in [1.165, 1.54) is 4.68 Å². The Hall–Kier alpha value is -4.32. The van der Waals surface area contributed by atoms with Gasteiger partial charge in [0.15, 0.2) is 0 Å². The van der Waals surface area contributed by atoms with E-state index < -0.39 is 47.4 Å². The van der Waals surface area contributed by atoms with Crippen LogP contribution in [0.1, 0.15) is 34.8 Å². The number of nitrogens with one attached hydrogen (secondary N) is 1. The van der Waals surface area contributed by atoms with Crippen molar-refractivity contribution < 1.29 is 35.9 Å². The topological polar surface area (TPSA) is 67.2 Å². The third-order valence-corrected chi connectivity index (χ3v) is 6.32. The van der Waals surface area contributed by atoms with Crippen molar-refractivity contribution in [2.24, 2.45) is 0 Å². The number of aromatic nitrogens is 2. The van der Waals surface area contributed by atoms with Crippen LogP contribution in [0.4, 0.5) is 32.2 Å². The zero-order valence-corrected chi connectivity index (χ0v) is 22.7. The molecule has 4 rings (SSSR count). The largest absolute Gasteiger partial charge is 0.416 e. The fourth-order valence-corrected chi connectivity index (χ4v) is 4.26. The van der Waals surface area contributed by atoms with Gasteiger partial charge in [-0.2, -0.15) is 31.4 Å². The number of halogens is 7. The van der Waals surface area contributed by atoms with Crippen LogP contribution in [-0.2, 0) is 17.1 Å². The van der Waals surface area contributed by atoms with Gasteiger partial charge in [0.2, 0.25) is 5.91 Å². The molecule has 0 saturated heterocycles. The van der Waals surface area contributed by atoms with Crippen LogP contribution in [0.25, 0.3) is 16.9 Å². The molecular weight excluding hydrogens is 586 g/mol. The van der Waals surface area contributed by atoms with Gasteiger partial charge in [-0.1, -0.05) is 48.9 Å². The molecular formula is C29H23ClF6N4O2. The van der Waals surface area contributed by atoms with Gasteiger partial charge >= 0.3 is 12.4 Å². The van der Waals surface area contributed by atoms with Gasteiger partial charge in [0.1, 0.15) is 12.4 Å². The third-order valence-electron chi connectivity index (χ3n) is 6.07. The average Bonchev–Trinajstić information content (AvgIpc) is 3.35. The molecule has 6 nitrogen and oxygen atoms in total. The van der Waals surface area contributed by atoms with Crippen molar-refractivity contribution in [3.8, 4) is 16.9 Å². The van der Waals surface area contributed by atoms with Gasteiger partial charge in [-0.3, -0.25) is 9.59 Å². The number of rotatable bonds is 8. The predicted octanol–water partition coefficient (Wildman–Crippen LogP) is 7.72. The van der Waals surface area contributed by atoms with Gasteiger partial charge in [-0.25, -0.2) is 4.68 Å². The molecule has 1 heterocycles.